The summed E-state index contributed by atoms with van der Waals surface area (Å²) < 4.78 is 26.8. The van der Waals surface area contributed by atoms with Crippen molar-refractivity contribution in [3.63, 3.8) is 0 Å². The number of hydrogen-bond acceptors (Lipinski definition) is 4. The molecule has 2 aliphatic rings. The maximum Gasteiger partial charge on any atom is 0.243 e. The first-order valence-corrected chi connectivity index (χ1v) is 8.48. The van der Waals surface area contributed by atoms with Gasteiger partial charge in [-0.1, -0.05) is 0 Å². The van der Waals surface area contributed by atoms with Crippen LogP contribution in [0.3, 0.4) is 0 Å². The van der Waals surface area contributed by atoms with Gasteiger partial charge in [0.25, 0.3) is 0 Å². The number of aliphatic hydroxyl groups is 1. The normalized spacial score (nSPS) is 22.9. The van der Waals surface area contributed by atoms with Gasteiger partial charge in [-0.2, -0.15) is 4.31 Å². The zero-order valence-electron chi connectivity index (χ0n) is 11.6. The number of aliphatic hydroxyl groups excluding tert-OH is 1. The number of nitrogens with zero attached hydrogens (tertiary/aromatic N) is 1. The Morgan fingerprint density at radius 2 is 2.19 bits per heavy atom. The van der Waals surface area contributed by atoms with Crippen molar-refractivity contribution in [2.75, 3.05) is 25.0 Å². The van der Waals surface area contributed by atoms with Crippen LogP contribution in [0.15, 0.2) is 23.1 Å². The molecule has 0 aliphatic carbocycles. The van der Waals surface area contributed by atoms with Crippen LogP contribution in [0.5, 0.6) is 0 Å². The Balaban J connectivity index is 1.88. The highest BCUT2D eigenvalue weighted by Gasteiger charge is 2.31. The van der Waals surface area contributed by atoms with Crippen molar-refractivity contribution in [1.29, 1.82) is 0 Å². The fourth-order valence-corrected chi connectivity index (χ4v) is 4.52. The van der Waals surface area contributed by atoms with Gasteiger partial charge in [-0.3, -0.25) is 4.79 Å². The largest absolute Gasteiger partial charge is 0.396 e. The summed E-state index contributed by atoms with van der Waals surface area (Å²) in [5.41, 5.74) is 1.41. The highest BCUT2D eigenvalue weighted by atomic mass is 32.2. The lowest BCUT2D eigenvalue weighted by Crippen LogP contribution is -2.40. The summed E-state index contributed by atoms with van der Waals surface area (Å²) in [4.78, 5) is 11.6. The molecule has 2 aliphatic heterocycles. The van der Waals surface area contributed by atoms with E-state index in [1.807, 2.05) is 0 Å². The van der Waals surface area contributed by atoms with Gasteiger partial charge < -0.3 is 10.4 Å². The standard InChI is InChI=1S/C14H18N2O4S/c17-9-10-2-1-5-16(8-10)21(19,20)12-3-4-13-11(6-12)7-14(18)15-13/h3-4,6,10,17H,1-2,5,7-9H2,(H,15,18). The maximum absolute atomic E-state index is 12.7. The minimum atomic E-state index is -3.56. The van der Waals surface area contributed by atoms with Gasteiger partial charge in [-0.15, -0.1) is 0 Å². The summed E-state index contributed by atoms with van der Waals surface area (Å²) >= 11 is 0. The summed E-state index contributed by atoms with van der Waals surface area (Å²) in [5.74, 6) is -0.107. The van der Waals surface area contributed by atoms with Crippen LogP contribution in [0, 0.1) is 5.92 Å². The van der Waals surface area contributed by atoms with Crippen LogP contribution in [-0.4, -0.2) is 43.4 Å². The number of piperidine rings is 1. The molecule has 0 bridgehead atoms. The second kappa shape index (κ2) is 5.40. The van der Waals surface area contributed by atoms with E-state index in [-0.39, 0.29) is 29.7 Å². The molecule has 2 N–H and O–H groups in total. The molecule has 114 valence electrons. The molecule has 3 rings (SSSR count). The van der Waals surface area contributed by atoms with E-state index < -0.39 is 10.0 Å². The highest BCUT2D eigenvalue weighted by molar-refractivity contribution is 7.89. The quantitative estimate of drug-likeness (QED) is 0.855. The Kier molecular flexibility index (Phi) is 3.73. The molecule has 6 nitrogen and oxygen atoms in total. The predicted molar refractivity (Wildman–Crippen MR) is 77.3 cm³/mol. The van der Waals surface area contributed by atoms with E-state index >= 15 is 0 Å². The topological polar surface area (TPSA) is 86.7 Å². The number of sulfonamides is 1. The summed E-state index contributed by atoms with van der Waals surface area (Å²) in [7, 11) is -3.56. The van der Waals surface area contributed by atoms with Gasteiger partial charge in [0.2, 0.25) is 15.9 Å². The first-order valence-electron chi connectivity index (χ1n) is 7.04. The van der Waals surface area contributed by atoms with E-state index in [0.29, 0.717) is 18.8 Å². The highest BCUT2D eigenvalue weighted by Crippen LogP contribution is 2.29. The van der Waals surface area contributed by atoms with E-state index in [9.17, 15) is 18.3 Å². The number of nitrogens with one attached hydrogen (secondary N) is 1. The van der Waals surface area contributed by atoms with Gasteiger partial charge in [0.15, 0.2) is 0 Å². The lowest BCUT2D eigenvalue weighted by atomic mass is 10.0. The molecular weight excluding hydrogens is 292 g/mol. The summed E-state index contributed by atoms with van der Waals surface area (Å²) in [6.45, 7) is 0.842. The van der Waals surface area contributed by atoms with Gasteiger partial charge in [-0.05, 0) is 42.5 Å². The molecule has 0 spiro atoms. The van der Waals surface area contributed by atoms with Crippen LogP contribution in [0.2, 0.25) is 0 Å². The molecule has 7 heteroatoms. The number of benzene rings is 1. The lowest BCUT2D eigenvalue weighted by molar-refractivity contribution is -0.115. The Morgan fingerprint density at radius 3 is 2.95 bits per heavy atom. The van der Waals surface area contributed by atoms with Crippen LogP contribution in [0.1, 0.15) is 18.4 Å². The third-order valence-electron chi connectivity index (χ3n) is 4.08. The average Bonchev–Trinajstić information content (AvgIpc) is 2.86. The molecule has 1 fully saturated rings. The molecule has 1 amide bonds. The predicted octanol–water partition coefficient (Wildman–Crippen LogP) is 0.574. The van der Waals surface area contributed by atoms with E-state index in [2.05, 4.69) is 5.32 Å². The Bertz CT molecular complexity index is 672. The molecule has 21 heavy (non-hydrogen) atoms. The first-order chi connectivity index (χ1) is 10.0. The van der Waals surface area contributed by atoms with Crippen LogP contribution in [-0.2, 0) is 21.2 Å². The van der Waals surface area contributed by atoms with Gasteiger partial charge in [0, 0.05) is 25.4 Å². The molecule has 1 aromatic carbocycles. The van der Waals surface area contributed by atoms with Crippen LogP contribution >= 0.6 is 0 Å². The summed E-state index contributed by atoms with van der Waals surface area (Å²) in [6, 6.07) is 4.74. The molecule has 1 atom stereocenters. The number of rotatable bonds is 3. The van der Waals surface area contributed by atoms with Gasteiger partial charge >= 0.3 is 0 Å². The van der Waals surface area contributed by atoms with E-state index in [4.69, 9.17) is 0 Å². The Labute approximate surface area is 123 Å². The zero-order valence-corrected chi connectivity index (χ0v) is 12.4. The third kappa shape index (κ3) is 2.68. The van der Waals surface area contributed by atoms with Crippen molar-refractivity contribution >= 4 is 21.6 Å². The minimum absolute atomic E-state index is 0.00574. The second-order valence-electron chi connectivity index (χ2n) is 5.60. The molecule has 0 radical (unpaired) electrons. The first kappa shape index (κ1) is 14.5. The fourth-order valence-electron chi connectivity index (χ4n) is 2.91. The summed E-state index contributed by atoms with van der Waals surface area (Å²) in [5, 5.41) is 11.9. The SMILES string of the molecule is O=C1Cc2cc(S(=O)(=O)N3CCCC(CO)C3)ccc2N1. The van der Waals surface area contributed by atoms with E-state index in [1.54, 1.807) is 12.1 Å². The van der Waals surface area contributed by atoms with Crippen molar-refractivity contribution in [3.05, 3.63) is 23.8 Å². The van der Waals surface area contributed by atoms with Gasteiger partial charge in [-0.25, -0.2) is 8.42 Å². The molecule has 1 saturated heterocycles. The Hall–Kier alpha value is -1.44. The maximum atomic E-state index is 12.7. The van der Waals surface area contributed by atoms with E-state index in [0.717, 1.165) is 18.4 Å². The van der Waals surface area contributed by atoms with Gasteiger partial charge in [0.1, 0.15) is 0 Å². The van der Waals surface area contributed by atoms with Crippen molar-refractivity contribution < 1.29 is 18.3 Å². The fraction of sp³-hybridized carbons (Fsp3) is 0.500. The molecule has 2 heterocycles. The number of fused-ring (bicyclic) bond motifs is 1. The number of carbonyl (C=O) groups excluding carboxylic acids is 1. The van der Waals surface area contributed by atoms with Gasteiger partial charge in [0.05, 0.1) is 11.3 Å². The van der Waals surface area contributed by atoms with Crippen LogP contribution < -0.4 is 5.32 Å². The molecule has 0 saturated carbocycles. The van der Waals surface area contributed by atoms with Crippen molar-refractivity contribution in [3.8, 4) is 0 Å². The number of anilines is 1. The molecule has 1 aromatic rings. The smallest absolute Gasteiger partial charge is 0.243 e. The Morgan fingerprint density at radius 1 is 1.38 bits per heavy atom. The minimum Gasteiger partial charge on any atom is -0.396 e. The lowest BCUT2D eigenvalue weighted by Gasteiger charge is -2.31. The second-order valence-corrected chi connectivity index (χ2v) is 7.54. The average molecular weight is 310 g/mol. The number of hydrogen-bond donors (Lipinski definition) is 2. The van der Waals surface area contributed by atoms with Crippen molar-refractivity contribution in [1.82, 2.24) is 4.31 Å². The zero-order chi connectivity index (χ0) is 15.0. The monoisotopic (exact) mass is 310 g/mol. The summed E-state index contributed by atoms with van der Waals surface area (Å²) in [6.07, 6.45) is 1.83. The molecule has 0 aromatic heterocycles. The van der Waals surface area contributed by atoms with Crippen LogP contribution in [0.4, 0.5) is 5.69 Å². The number of carbonyl (C=O) groups is 1. The van der Waals surface area contributed by atoms with Crippen molar-refractivity contribution in [2.24, 2.45) is 5.92 Å². The molecule has 1 unspecified atom stereocenters. The third-order valence-corrected chi connectivity index (χ3v) is 5.94. The van der Waals surface area contributed by atoms with Crippen LogP contribution in [0.25, 0.3) is 0 Å². The molecular formula is C14H18N2O4S. The number of amides is 1. The van der Waals surface area contributed by atoms with E-state index in [1.165, 1.54) is 10.4 Å². The van der Waals surface area contributed by atoms with Crippen molar-refractivity contribution in [2.45, 2.75) is 24.2 Å².